The SMILES string of the molecule is COc1ccc(C2=NN(CCCCBr)C(=O)C2(C)C)n2cc(C(F)(F)F)nc12. The number of fused-ring (bicyclic) bond motifs is 1. The van der Waals surface area contributed by atoms with Gasteiger partial charge in [0.15, 0.2) is 17.1 Å². The minimum absolute atomic E-state index is 0.0241. The van der Waals surface area contributed by atoms with Crippen LogP contribution in [0, 0.1) is 5.41 Å². The van der Waals surface area contributed by atoms with Gasteiger partial charge in [0.1, 0.15) is 5.71 Å². The first-order valence-corrected chi connectivity index (χ1v) is 9.84. The van der Waals surface area contributed by atoms with Gasteiger partial charge in [-0.1, -0.05) is 15.9 Å². The highest BCUT2D eigenvalue weighted by Gasteiger charge is 2.45. The van der Waals surface area contributed by atoms with Crippen LogP contribution in [0.4, 0.5) is 13.2 Å². The molecule has 2 aromatic heterocycles. The van der Waals surface area contributed by atoms with E-state index in [2.05, 4.69) is 26.0 Å². The molecule has 10 heteroatoms. The highest BCUT2D eigenvalue weighted by Crippen LogP contribution is 2.36. The van der Waals surface area contributed by atoms with Crippen LogP contribution >= 0.6 is 15.9 Å². The predicted octanol–water partition coefficient (Wildman–Crippen LogP) is 4.11. The van der Waals surface area contributed by atoms with Crippen LogP contribution < -0.4 is 4.74 Å². The Hall–Kier alpha value is -2.10. The number of imidazole rings is 1. The first kappa shape index (κ1) is 20.6. The second-order valence-corrected chi connectivity index (χ2v) is 7.80. The number of amides is 1. The molecule has 0 aliphatic carbocycles. The lowest BCUT2D eigenvalue weighted by Crippen LogP contribution is -2.35. The quantitative estimate of drug-likeness (QED) is 0.481. The lowest BCUT2D eigenvalue weighted by molar-refractivity contribution is -0.140. The number of aromatic nitrogens is 2. The Morgan fingerprint density at radius 1 is 1.25 bits per heavy atom. The fourth-order valence-electron chi connectivity index (χ4n) is 3.13. The van der Waals surface area contributed by atoms with Crippen molar-refractivity contribution in [3.8, 4) is 5.75 Å². The lowest BCUT2D eigenvalue weighted by atomic mass is 9.85. The van der Waals surface area contributed by atoms with Crippen LogP contribution in [0.2, 0.25) is 0 Å². The monoisotopic (exact) mass is 460 g/mol. The van der Waals surface area contributed by atoms with E-state index in [-0.39, 0.29) is 17.3 Å². The summed E-state index contributed by atoms with van der Waals surface area (Å²) in [5.74, 6) is 0.0216. The number of methoxy groups -OCH3 is 1. The molecule has 0 saturated heterocycles. The van der Waals surface area contributed by atoms with Crippen molar-refractivity contribution < 1.29 is 22.7 Å². The molecule has 0 N–H and O–H groups in total. The van der Waals surface area contributed by atoms with Crippen LogP contribution in [0.15, 0.2) is 23.4 Å². The maximum absolute atomic E-state index is 13.2. The first-order chi connectivity index (χ1) is 13.1. The Kier molecular flexibility index (Phi) is 5.44. The summed E-state index contributed by atoms with van der Waals surface area (Å²) in [5, 5.41) is 6.68. The number of alkyl halides is 4. The van der Waals surface area contributed by atoms with Crippen molar-refractivity contribution >= 4 is 33.2 Å². The first-order valence-electron chi connectivity index (χ1n) is 8.72. The zero-order chi connectivity index (χ0) is 20.7. The molecule has 0 saturated carbocycles. The highest BCUT2D eigenvalue weighted by atomic mass is 79.9. The summed E-state index contributed by atoms with van der Waals surface area (Å²) >= 11 is 3.35. The molecule has 152 valence electrons. The maximum atomic E-state index is 13.2. The summed E-state index contributed by atoms with van der Waals surface area (Å²) in [5.41, 5.74) is -1.21. The predicted molar refractivity (Wildman–Crippen MR) is 102 cm³/mol. The Bertz CT molecular complexity index is 937. The van der Waals surface area contributed by atoms with Gasteiger partial charge in [0.2, 0.25) is 0 Å². The lowest BCUT2D eigenvalue weighted by Gasteiger charge is -2.20. The van der Waals surface area contributed by atoms with Crippen molar-refractivity contribution in [2.24, 2.45) is 10.5 Å². The van der Waals surface area contributed by atoms with Crippen molar-refractivity contribution in [1.82, 2.24) is 14.4 Å². The zero-order valence-corrected chi connectivity index (χ0v) is 17.3. The average molecular weight is 461 g/mol. The normalized spacial score (nSPS) is 16.8. The van der Waals surface area contributed by atoms with Crippen LogP contribution in [0.3, 0.4) is 0 Å². The Morgan fingerprint density at radius 2 is 1.96 bits per heavy atom. The number of rotatable bonds is 6. The van der Waals surface area contributed by atoms with Gasteiger partial charge in [-0.25, -0.2) is 9.99 Å². The van der Waals surface area contributed by atoms with Crippen molar-refractivity contribution in [3.63, 3.8) is 0 Å². The van der Waals surface area contributed by atoms with E-state index < -0.39 is 17.3 Å². The molecule has 0 fully saturated rings. The molecule has 0 radical (unpaired) electrons. The Balaban J connectivity index is 2.12. The summed E-state index contributed by atoms with van der Waals surface area (Å²) < 4.78 is 46.1. The Labute approximate surface area is 168 Å². The number of hydrogen-bond acceptors (Lipinski definition) is 4. The second kappa shape index (κ2) is 7.38. The largest absolute Gasteiger partial charge is 0.493 e. The molecule has 3 rings (SSSR count). The molecule has 1 amide bonds. The molecule has 6 nitrogen and oxygen atoms in total. The number of pyridine rings is 1. The van der Waals surface area contributed by atoms with Gasteiger partial charge in [0.25, 0.3) is 5.91 Å². The van der Waals surface area contributed by atoms with Crippen molar-refractivity contribution in [3.05, 3.63) is 29.7 Å². The van der Waals surface area contributed by atoms with E-state index in [1.165, 1.54) is 22.6 Å². The van der Waals surface area contributed by atoms with Crippen molar-refractivity contribution in [2.45, 2.75) is 32.9 Å². The van der Waals surface area contributed by atoms with Crippen LogP contribution in [0.5, 0.6) is 5.75 Å². The number of hydrogen-bond donors (Lipinski definition) is 0. The van der Waals surface area contributed by atoms with E-state index in [1.54, 1.807) is 19.9 Å². The van der Waals surface area contributed by atoms with Gasteiger partial charge in [-0.2, -0.15) is 18.3 Å². The van der Waals surface area contributed by atoms with Gasteiger partial charge in [-0.3, -0.25) is 9.20 Å². The number of halogens is 4. The number of nitrogens with zero attached hydrogens (tertiary/aromatic N) is 4. The molecule has 1 aliphatic heterocycles. The summed E-state index contributed by atoms with van der Waals surface area (Å²) in [6.07, 6.45) is -2.04. The molecule has 0 aromatic carbocycles. The number of hydrazone groups is 1. The molecule has 0 unspecified atom stereocenters. The number of carbonyl (C=O) groups excluding carboxylic acids is 1. The number of unbranched alkanes of at least 4 members (excludes halogenated alkanes) is 1. The molecule has 1 aliphatic rings. The number of ether oxygens (including phenoxy) is 1. The van der Waals surface area contributed by atoms with Crippen molar-refractivity contribution in [1.29, 1.82) is 0 Å². The number of carbonyl (C=O) groups is 1. The third kappa shape index (κ3) is 3.49. The van der Waals surface area contributed by atoms with Gasteiger partial charge in [-0.05, 0) is 38.8 Å². The molecule has 2 aromatic rings. The maximum Gasteiger partial charge on any atom is 0.434 e. The minimum Gasteiger partial charge on any atom is -0.493 e. The smallest absolute Gasteiger partial charge is 0.434 e. The van der Waals surface area contributed by atoms with Gasteiger partial charge in [-0.15, -0.1) is 0 Å². The topological polar surface area (TPSA) is 59.2 Å². The van der Waals surface area contributed by atoms with Gasteiger partial charge in [0, 0.05) is 18.1 Å². The Morgan fingerprint density at radius 3 is 2.57 bits per heavy atom. The summed E-state index contributed by atoms with van der Waals surface area (Å²) in [7, 11) is 1.36. The standard InChI is InChI=1S/C18H20BrF3N4O2/c1-17(2)14(24-26(16(17)27)9-5-4-8-19)11-6-7-12(28-3)15-23-13(10-25(11)15)18(20,21)22/h6-7,10H,4-5,8-9H2,1-3H3. The van der Waals surface area contributed by atoms with Crippen LogP contribution in [0.25, 0.3) is 5.65 Å². The third-order valence-electron chi connectivity index (χ3n) is 4.67. The van der Waals surface area contributed by atoms with Crippen LogP contribution in [-0.2, 0) is 11.0 Å². The van der Waals surface area contributed by atoms with E-state index in [0.717, 1.165) is 24.4 Å². The van der Waals surface area contributed by atoms with E-state index in [0.29, 0.717) is 18.0 Å². The zero-order valence-electron chi connectivity index (χ0n) is 15.7. The van der Waals surface area contributed by atoms with Crippen LogP contribution in [0.1, 0.15) is 38.1 Å². The molecule has 0 spiro atoms. The highest BCUT2D eigenvalue weighted by molar-refractivity contribution is 9.09. The van der Waals surface area contributed by atoms with E-state index in [9.17, 15) is 18.0 Å². The average Bonchev–Trinajstić information content (AvgIpc) is 3.17. The molecule has 0 atom stereocenters. The van der Waals surface area contributed by atoms with Gasteiger partial charge >= 0.3 is 6.18 Å². The van der Waals surface area contributed by atoms with Gasteiger partial charge in [0.05, 0.1) is 18.2 Å². The van der Waals surface area contributed by atoms with E-state index in [1.807, 2.05) is 0 Å². The fourth-order valence-corrected chi connectivity index (χ4v) is 3.53. The van der Waals surface area contributed by atoms with Crippen molar-refractivity contribution in [2.75, 3.05) is 19.0 Å². The molecule has 28 heavy (non-hydrogen) atoms. The van der Waals surface area contributed by atoms with Crippen LogP contribution in [-0.4, -0.2) is 45.0 Å². The molecule has 0 bridgehead atoms. The van der Waals surface area contributed by atoms with E-state index in [4.69, 9.17) is 4.74 Å². The second-order valence-electron chi connectivity index (χ2n) is 7.00. The summed E-state index contributed by atoms with van der Waals surface area (Å²) in [6.45, 7) is 3.89. The minimum atomic E-state index is -4.60. The molecular formula is C18H20BrF3N4O2. The van der Waals surface area contributed by atoms with Gasteiger partial charge < -0.3 is 4.74 Å². The third-order valence-corrected chi connectivity index (χ3v) is 5.23. The fraction of sp³-hybridized carbons (Fsp3) is 0.500. The molecular weight excluding hydrogens is 441 g/mol. The summed E-state index contributed by atoms with van der Waals surface area (Å²) in [6, 6.07) is 3.14. The van der Waals surface area contributed by atoms with E-state index >= 15 is 0 Å². The summed E-state index contributed by atoms with van der Waals surface area (Å²) in [4.78, 5) is 16.5. The molecule has 3 heterocycles.